The van der Waals surface area contributed by atoms with Crippen molar-refractivity contribution in [2.45, 2.75) is 56.8 Å². The van der Waals surface area contributed by atoms with Crippen LogP contribution in [0.15, 0.2) is 0 Å². The highest BCUT2D eigenvalue weighted by molar-refractivity contribution is 5.94. The first-order valence-corrected chi connectivity index (χ1v) is 8.96. The van der Waals surface area contributed by atoms with Gasteiger partial charge in [0.15, 0.2) is 0 Å². The lowest BCUT2D eigenvalue weighted by Gasteiger charge is -2.23. The van der Waals surface area contributed by atoms with Crippen LogP contribution in [0.4, 0.5) is 0 Å². The lowest BCUT2D eigenvalue weighted by molar-refractivity contribution is -0.142. The van der Waals surface area contributed by atoms with E-state index < -0.39 is 66.3 Å². The molecule has 0 saturated carbocycles. The SMILES string of the molecule is CC(NC(=O)C(CO)NC(=O)C(CCC(N)=O)NC(=O)C(N)CCC(N)=O)C(=O)O. The Morgan fingerprint density at radius 2 is 1.27 bits per heavy atom. The molecular formula is C16H28N6O8. The molecule has 30 heavy (non-hydrogen) atoms. The van der Waals surface area contributed by atoms with Crippen LogP contribution in [0, 0.1) is 0 Å². The summed E-state index contributed by atoms with van der Waals surface area (Å²) in [6, 6.07) is -5.31. The molecule has 0 aliphatic carbocycles. The van der Waals surface area contributed by atoms with E-state index in [1.807, 2.05) is 0 Å². The second kappa shape index (κ2) is 13.1. The van der Waals surface area contributed by atoms with Crippen molar-refractivity contribution in [3.63, 3.8) is 0 Å². The van der Waals surface area contributed by atoms with Crippen molar-refractivity contribution in [3.8, 4) is 0 Å². The second-order valence-corrected chi connectivity index (χ2v) is 6.49. The van der Waals surface area contributed by atoms with Gasteiger partial charge >= 0.3 is 5.97 Å². The second-order valence-electron chi connectivity index (χ2n) is 6.49. The van der Waals surface area contributed by atoms with Crippen LogP contribution in [0.3, 0.4) is 0 Å². The maximum Gasteiger partial charge on any atom is 0.325 e. The first-order chi connectivity index (χ1) is 13.9. The molecule has 14 nitrogen and oxygen atoms in total. The van der Waals surface area contributed by atoms with E-state index in [0.717, 1.165) is 0 Å². The molecule has 0 radical (unpaired) electrons. The number of carboxylic acid groups (broad SMARTS) is 1. The summed E-state index contributed by atoms with van der Waals surface area (Å²) in [7, 11) is 0. The first kappa shape index (κ1) is 26.7. The molecule has 0 aromatic rings. The van der Waals surface area contributed by atoms with E-state index in [9.17, 15) is 33.9 Å². The molecule has 11 N–H and O–H groups in total. The van der Waals surface area contributed by atoms with Gasteiger partial charge in [-0.15, -0.1) is 0 Å². The standard InChI is InChI=1S/C16H28N6O8/c1-7(16(29)30)20-15(28)10(6-23)22-14(27)9(3-5-12(19)25)21-13(26)8(17)2-4-11(18)24/h7-10,23H,2-6,17H2,1H3,(H2,18,24)(H2,19,25)(H,20,28)(H,21,26)(H,22,27)(H,29,30). The van der Waals surface area contributed by atoms with E-state index in [1.165, 1.54) is 6.92 Å². The van der Waals surface area contributed by atoms with Gasteiger partial charge < -0.3 is 43.4 Å². The fourth-order valence-electron chi connectivity index (χ4n) is 2.11. The Kier molecular flexibility index (Phi) is 11.6. The van der Waals surface area contributed by atoms with Crippen LogP contribution in [0.1, 0.15) is 32.6 Å². The van der Waals surface area contributed by atoms with E-state index in [4.69, 9.17) is 22.3 Å². The van der Waals surface area contributed by atoms with Gasteiger partial charge in [-0.3, -0.25) is 28.8 Å². The van der Waals surface area contributed by atoms with E-state index in [0.29, 0.717) is 0 Å². The quantitative estimate of drug-likeness (QED) is 0.131. The van der Waals surface area contributed by atoms with Crippen molar-refractivity contribution in [1.29, 1.82) is 0 Å². The Morgan fingerprint density at radius 1 is 0.800 bits per heavy atom. The zero-order chi connectivity index (χ0) is 23.4. The molecule has 0 rings (SSSR count). The predicted molar refractivity (Wildman–Crippen MR) is 101 cm³/mol. The van der Waals surface area contributed by atoms with Gasteiger partial charge in [0.1, 0.15) is 18.1 Å². The number of carbonyl (C=O) groups excluding carboxylic acids is 5. The predicted octanol–water partition coefficient (Wildman–Crippen LogP) is -4.60. The van der Waals surface area contributed by atoms with E-state index in [1.54, 1.807) is 0 Å². The largest absolute Gasteiger partial charge is 0.480 e. The number of nitrogens with one attached hydrogen (secondary N) is 3. The van der Waals surface area contributed by atoms with Crippen LogP contribution in [0.2, 0.25) is 0 Å². The molecule has 4 unspecified atom stereocenters. The first-order valence-electron chi connectivity index (χ1n) is 8.96. The lowest BCUT2D eigenvalue weighted by Crippen LogP contribution is -2.58. The van der Waals surface area contributed by atoms with Crippen molar-refractivity contribution in [2.75, 3.05) is 6.61 Å². The summed E-state index contributed by atoms with van der Waals surface area (Å²) in [6.07, 6.45) is -0.775. The average molecular weight is 432 g/mol. The number of hydrogen-bond acceptors (Lipinski definition) is 8. The molecule has 0 spiro atoms. The minimum Gasteiger partial charge on any atom is -0.480 e. The number of carbonyl (C=O) groups is 6. The minimum absolute atomic E-state index is 0.0833. The van der Waals surface area contributed by atoms with Crippen LogP contribution < -0.4 is 33.2 Å². The molecule has 0 aliphatic rings. The van der Waals surface area contributed by atoms with Crippen LogP contribution in [0.25, 0.3) is 0 Å². The highest BCUT2D eigenvalue weighted by atomic mass is 16.4. The van der Waals surface area contributed by atoms with E-state index in [2.05, 4.69) is 16.0 Å². The number of hydrogen-bond donors (Lipinski definition) is 8. The summed E-state index contributed by atoms with van der Waals surface area (Å²) in [5, 5.41) is 24.7. The zero-order valence-electron chi connectivity index (χ0n) is 16.4. The molecule has 14 heteroatoms. The van der Waals surface area contributed by atoms with Gasteiger partial charge in [0.05, 0.1) is 12.6 Å². The van der Waals surface area contributed by atoms with Gasteiger partial charge in [-0.05, 0) is 19.8 Å². The van der Waals surface area contributed by atoms with Gasteiger partial charge in [0, 0.05) is 12.8 Å². The van der Waals surface area contributed by atoms with Crippen molar-refractivity contribution in [3.05, 3.63) is 0 Å². The number of carboxylic acids is 1. The van der Waals surface area contributed by atoms with Crippen LogP contribution in [-0.2, 0) is 28.8 Å². The topological polar surface area (TPSA) is 257 Å². The summed E-state index contributed by atoms with van der Waals surface area (Å²) in [5.41, 5.74) is 15.7. The highest BCUT2D eigenvalue weighted by Gasteiger charge is 2.29. The lowest BCUT2D eigenvalue weighted by atomic mass is 10.1. The summed E-state index contributed by atoms with van der Waals surface area (Å²) >= 11 is 0. The Balaban J connectivity index is 5.16. The number of rotatable bonds is 14. The summed E-state index contributed by atoms with van der Waals surface area (Å²) in [4.78, 5) is 69.3. The summed E-state index contributed by atoms with van der Waals surface area (Å²) in [5.74, 6) is -5.49. The van der Waals surface area contributed by atoms with Crippen LogP contribution in [0.5, 0.6) is 0 Å². The van der Waals surface area contributed by atoms with Crippen LogP contribution >= 0.6 is 0 Å². The molecule has 0 aromatic heterocycles. The normalized spacial score (nSPS) is 14.5. The van der Waals surface area contributed by atoms with Crippen molar-refractivity contribution in [1.82, 2.24) is 16.0 Å². The number of aliphatic hydroxyl groups is 1. The van der Waals surface area contributed by atoms with Gasteiger partial charge in [-0.2, -0.15) is 0 Å². The van der Waals surface area contributed by atoms with Crippen LogP contribution in [-0.4, -0.2) is 76.5 Å². The fraction of sp³-hybridized carbons (Fsp3) is 0.625. The molecule has 0 heterocycles. The van der Waals surface area contributed by atoms with Gasteiger partial charge in [-0.1, -0.05) is 0 Å². The van der Waals surface area contributed by atoms with Crippen molar-refractivity contribution in [2.24, 2.45) is 17.2 Å². The molecular weight excluding hydrogens is 404 g/mol. The third-order valence-corrected chi connectivity index (χ3v) is 3.90. The number of aliphatic carboxylic acids is 1. The van der Waals surface area contributed by atoms with Crippen molar-refractivity contribution >= 4 is 35.5 Å². The third kappa shape index (κ3) is 10.3. The highest BCUT2D eigenvalue weighted by Crippen LogP contribution is 2.02. The number of nitrogens with two attached hydrogens (primary N) is 3. The number of primary amides is 2. The van der Waals surface area contributed by atoms with E-state index in [-0.39, 0.29) is 25.7 Å². The smallest absolute Gasteiger partial charge is 0.325 e. The molecule has 0 aliphatic heterocycles. The molecule has 0 fully saturated rings. The number of amides is 5. The maximum atomic E-state index is 12.5. The van der Waals surface area contributed by atoms with Gasteiger partial charge in [0.2, 0.25) is 29.5 Å². The molecule has 0 bridgehead atoms. The minimum atomic E-state index is -1.52. The molecule has 170 valence electrons. The maximum absolute atomic E-state index is 12.5. The van der Waals surface area contributed by atoms with E-state index >= 15 is 0 Å². The monoisotopic (exact) mass is 432 g/mol. The molecule has 4 atom stereocenters. The summed E-state index contributed by atoms with van der Waals surface area (Å²) in [6.45, 7) is 0.318. The molecule has 0 aromatic carbocycles. The Morgan fingerprint density at radius 3 is 1.73 bits per heavy atom. The zero-order valence-corrected chi connectivity index (χ0v) is 16.4. The van der Waals surface area contributed by atoms with Gasteiger partial charge in [0.25, 0.3) is 0 Å². The Bertz CT molecular complexity index is 670. The fourth-order valence-corrected chi connectivity index (χ4v) is 2.11. The summed E-state index contributed by atoms with van der Waals surface area (Å²) < 4.78 is 0. The third-order valence-electron chi connectivity index (χ3n) is 3.90. The molecule has 5 amide bonds. The molecule has 0 saturated heterocycles. The Hall–Kier alpha value is -3.26. The van der Waals surface area contributed by atoms with Gasteiger partial charge in [-0.25, -0.2) is 0 Å². The Labute approximate surface area is 171 Å². The average Bonchev–Trinajstić information content (AvgIpc) is 2.66. The van der Waals surface area contributed by atoms with Crippen molar-refractivity contribution < 1.29 is 39.0 Å². The number of aliphatic hydroxyl groups excluding tert-OH is 1.